The van der Waals surface area contributed by atoms with Gasteiger partial charge in [-0.3, -0.25) is 4.79 Å². The van der Waals surface area contributed by atoms with Crippen LogP contribution in [-0.4, -0.2) is 17.4 Å². The molecule has 0 aliphatic rings. The summed E-state index contributed by atoms with van der Waals surface area (Å²) in [6, 6.07) is 3.76. The summed E-state index contributed by atoms with van der Waals surface area (Å²) in [5.74, 6) is 0.719. The van der Waals surface area contributed by atoms with Gasteiger partial charge in [0.1, 0.15) is 5.76 Å². The van der Waals surface area contributed by atoms with Gasteiger partial charge < -0.3 is 9.73 Å². The largest absolute Gasteiger partial charge is 0.469 e. The first-order valence-corrected chi connectivity index (χ1v) is 6.19. The number of aromatic nitrogens is 1. The highest BCUT2D eigenvalue weighted by Crippen LogP contribution is 2.22. The maximum absolute atomic E-state index is 11.7. The van der Waals surface area contributed by atoms with E-state index in [-0.39, 0.29) is 11.3 Å². The van der Waals surface area contributed by atoms with Crippen molar-refractivity contribution in [1.82, 2.24) is 10.3 Å². The summed E-state index contributed by atoms with van der Waals surface area (Å²) in [6.07, 6.45) is 3.26. The molecule has 0 aliphatic carbocycles. The normalized spacial score (nSPS) is 11.4. The molecule has 90 valence electrons. The van der Waals surface area contributed by atoms with E-state index in [0.717, 1.165) is 5.76 Å². The first kappa shape index (κ1) is 11.9. The molecule has 0 unspecified atom stereocenters. The van der Waals surface area contributed by atoms with Crippen LogP contribution in [0.5, 0.6) is 0 Å². The SMILES string of the molecule is CC(C)(CNC(=O)c1nccs1)c1ccco1. The molecule has 4 nitrogen and oxygen atoms in total. The molecule has 0 atom stereocenters. The molecule has 0 spiro atoms. The van der Waals surface area contributed by atoms with Crippen molar-refractivity contribution in [2.24, 2.45) is 0 Å². The lowest BCUT2D eigenvalue weighted by Crippen LogP contribution is -2.36. The van der Waals surface area contributed by atoms with Crippen molar-refractivity contribution in [3.05, 3.63) is 40.7 Å². The van der Waals surface area contributed by atoms with Crippen LogP contribution in [0.3, 0.4) is 0 Å². The zero-order chi connectivity index (χ0) is 12.3. The van der Waals surface area contributed by atoms with Crippen LogP contribution in [0.25, 0.3) is 0 Å². The molecule has 2 aromatic rings. The standard InChI is InChI=1S/C12H14N2O2S/c1-12(2,9-4-3-6-16-9)8-14-10(15)11-13-5-7-17-11/h3-7H,8H2,1-2H3,(H,14,15). The van der Waals surface area contributed by atoms with Crippen molar-refractivity contribution < 1.29 is 9.21 Å². The number of rotatable bonds is 4. The highest BCUT2D eigenvalue weighted by atomic mass is 32.1. The summed E-state index contributed by atoms with van der Waals surface area (Å²) >= 11 is 1.33. The van der Waals surface area contributed by atoms with E-state index in [1.807, 2.05) is 26.0 Å². The fraction of sp³-hybridized carbons (Fsp3) is 0.333. The van der Waals surface area contributed by atoms with E-state index in [1.165, 1.54) is 11.3 Å². The quantitative estimate of drug-likeness (QED) is 0.906. The molecular formula is C12H14N2O2S. The lowest BCUT2D eigenvalue weighted by molar-refractivity contribution is 0.0943. The van der Waals surface area contributed by atoms with Gasteiger partial charge in [0.25, 0.3) is 5.91 Å². The third-order valence-corrected chi connectivity index (χ3v) is 3.28. The Hall–Kier alpha value is -1.62. The summed E-state index contributed by atoms with van der Waals surface area (Å²) < 4.78 is 5.36. The Kier molecular flexibility index (Phi) is 3.28. The zero-order valence-corrected chi connectivity index (χ0v) is 10.6. The van der Waals surface area contributed by atoms with Crippen molar-refractivity contribution in [2.75, 3.05) is 6.54 Å². The minimum absolute atomic E-state index is 0.139. The lowest BCUT2D eigenvalue weighted by atomic mass is 9.90. The molecule has 2 heterocycles. The molecule has 5 heteroatoms. The number of nitrogens with zero attached hydrogens (tertiary/aromatic N) is 1. The molecule has 0 radical (unpaired) electrons. The first-order valence-electron chi connectivity index (χ1n) is 5.31. The van der Waals surface area contributed by atoms with Gasteiger partial charge in [-0.05, 0) is 12.1 Å². The smallest absolute Gasteiger partial charge is 0.280 e. The summed E-state index contributed by atoms with van der Waals surface area (Å²) in [5, 5.41) is 5.13. The summed E-state index contributed by atoms with van der Waals surface area (Å²) in [6.45, 7) is 4.56. The van der Waals surface area contributed by atoms with Gasteiger partial charge in [0.15, 0.2) is 5.01 Å². The van der Waals surface area contributed by atoms with Crippen molar-refractivity contribution in [1.29, 1.82) is 0 Å². The number of carbonyl (C=O) groups is 1. The molecule has 1 N–H and O–H groups in total. The zero-order valence-electron chi connectivity index (χ0n) is 9.77. The third kappa shape index (κ3) is 2.74. The van der Waals surface area contributed by atoms with Gasteiger partial charge in [-0.25, -0.2) is 4.98 Å². The van der Waals surface area contributed by atoms with Crippen molar-refractivity contribution >= 4 is 17.2 Å². The summed E-state index contributed by atoms with van der Waals surface area (Å²) in [4.78, 5) is 15.7. The summed E-state index contributed by atoms with van der Waals surface area (Å²) in [7, 11) is 0. The van der Waals surface area contributed by atoms with E-state index < -0.39 is 0 Å². The van der Waals surface area contributed by atoms with Gasteiger partial charge in [-0.15, -0.1) is 11.3 Å². The fourth-order valence-electron chi connectivity index (χ4n) is 1.46. The van der Waals surface area contributed by atoms with Crippen LogP contribution in [-0.2, 0) is 5.41 Å². The maximum Gasteiger partial charge on any atom is 0.280 e. The van der Waals surface area contributed by atoms with Gasteiger partial charge in [0.05, 0.1) is 6.26 Å². The second kappa shape index (κ2) is 4.71. The predicted molar refractivity (Wildman–Crippen MR) is 66.2 cm³/mol. The number of hydrogen-bond donors (Lipinski definition) is 1. The Bertz CT molecular complexity index is 475. The topological polar surface area (TPSA) is 55.1 Å². The number of hydrogen-bond acceptors (Lipinski definition) is 4. The number of amides is 1. The van der Waals surface area contributed by atoms with Gasteiger partial charge in [-0.2, -0.15) is 0 Å². The number of furan rings is 1. The molecule has 1 amide bonds. The molecule has 0 saturated carbocycles. The molecule has 0 aromatic carbocycles. The van der Waals surface area contributed by atoms with Crippen LogP contribution in [0.1, 0.15) is 29.4 Å². The van der Waals surface area contributed by atoms with Gasteiger partial charge >= 0.3 is 0 Å². The Balaban J connectivity index is 1.96. The lowest BCUT2D eigenvalue weighted by Gasteiger charge is -2.22. The van der Waals surface area contributed by atoms with Crippen LogP contribution in [0, 0.1) is 0 Å². The van der Waals surface area contributed by atoms with E-state index in [9.17, 15) is 4.79 Å². The molecule has 0 fully saturated rings. The van der Waals surface area contributed by atoms with Crippen molar-refractivity contribution in [3.63, 3.8) is 0 Å². The van der Waals surface area contributed by atoms with Crippen molar-refractivity contribution in [2.45, 2.75) is 19.3 Å². The van der Waals surface area contributed by atoms with E-state index in [2.05, 4.69) is 10.3 Å². The Labute approximate surface area is 104 Å². The van der Waals surface area contributed by atoms with E-state index >= 15 is 0 Å². The highest BCUT2D eigenvalue weighted by Gasteiger charge is 2.24. The monoisotopic (exact) mass is 250 g/mol. The first-order chi connectivity index (χ1) is 8.09. The van der Waals surface area contributed by atoms with Gasteiger partial charge in [0, 0.05) is 23.5 Å². The molecule has 17 heavy (non-hydrogen) atoms. The van der Waals surface area contributed by atoms with Crippen LogP contribution in [0.15, 0.2) is 34.4 Å². The molecular weight excluding hydrogens is 236 g/mol. The minimum atomic E-state index is -0.226. The van der Waals surface area contributed by atoms with Gasteiger partial charge in [0.2, 0.25) is 0 Å². The Morgan fingerprint density at radius 1 is 1.59 bits per heavy atom. The second-order valence-corrected chi connectivity index (χ2v) is 5.28. The van der Waals surface area contributed by atoms with Crippen LogP contribution in [0.2, 0.25) is 0 Å². The molecule has 0 bridgehead atoms. The van der Waals surface area contributed by atoms with E-state index in [4.69, 9.17) is 4.42 Å². The number of carbonyl (C=O) groups excluding carboxylic acids is 1. The maximum atomic E-state index is 11.7. The molecule has 2 rings (SSSR count). The average Bonchev–Trinajstić information content (AvgIpc) is 2.97. The molecule has 0 saturated heterocycles. The van der Waals surface area contributed by atoms with Crippen molar-refractivity contribution in [3.8, 4) is 0 Å². The van der Waals surface area contributed by atoms with Gasteiger partial charge in [-0.1, -0.05) is 13.8 Å². The fourth-order valence-corrected chi connectivity index (χ4v) is 2.01. The van der Waals surface area contributed by atoms with Crippen LogP contribution in [0.4, 0.5) is 0 Å². The second-order valence-electron chi connectivity index (χ2n) is 4.38. The Morgan fingerprint density at radius 2 is 2.41 bits per heavy atom. The Morgan fingerprint density at radius 3 is 3.00 bits per heavy atom. The highest BCUT2D eigenvalue weighted by molar-refractivity contribution is 7.11. The third-order valence-electron chi connectivity index (χ3n) is 2.51. The minimum Gasteiger partial charge on any atom is -0.469 e. The molecule has 2 aromatic heterocycles. The number of nitrogens with one attached hydrogen (secondary N) is 1. The van der Waals surface area contributed by atoms with E-state index in [1.54, 1.807) is 17.8 Å². The molecule has 0 aliphatic heterocycles. The summed E-state index contributed by atoms with van der Waals surface area (Å²) in [5.41, 5.74) is -0.226. The van der Waals surface area contributed by atoms with Crippen LogP contribution >= 0.6 is 11.3 Å². The van der Waals surface area contributed by atoms with Crippen LogP contribution < -0.4 is 5.32 Å². The average molecular weight is 250 g/mol. The van der Waals surface area contributed by atoms with E-state index in [0.29, 0.717) is 11.6 Å². The number of thiazole rings is 1. The predicted octanol–water partition coefficient (Wildman–Crippen LogP) is 2.44.